The summed E-state index contributed by atoms with van der Waals surface area (Å²) in [6.07, 6.45) is -5.18. The molecule has 0 amide bonds. The Morgan fingerprint density at radius 3 is 1.97 bits per heavy atom. The lowest BCUT2D eigenvalue weighted by atomic mass is 10.1. The summed E-state index contributed by atoms with van der Waals surface area (Å²) in [5.41, 5.74) is 2.64. The van der Waals surface area contributed by atoms with Crippen LogP contribution in [0.25, 0.3) is 0 Å². The number of hydrogen-bond donors (Lipinski definition) is 0. The highest BCUT2D eigenvalue weighted by Gasteiger charge is 2.48. The fourth-order valence-electron chi connectivity index (χ4n) is 2.96. The van der Waals surface area contributed by atoms with Gasteiger partial charge in [-0.25, -0.2) is 14.0 Å². The maximum Gasteiger partial charge on any atom is 0.338 e. The number of esters is 2. The summed E-state index contributed by atoms with van der Waals surface area (Å²) in [6.45, 7) is 3.51. The average molecular weight is 402 g/mol. The highest BCUT2D eigenvalue weighted by molar-refractivity contribution is 5.90. The fraction of sp³-hybridized carbons (Fsp3) is 0.364. The third kappa shape index (κ3) is 4.99. The molecule has 29 heavy (non-hydrogen) atoms. The van der Waals surface area contributed by atoms with Gasteiger partial charge in [0.25, 0.3) is 0 Å². The first-order chi connectivity index (χ1) is 13.9. The van der Waals surface area contributed by atoms with Crippen molar-refractivity contribution in [3.05, 3.63) is 70.8 Å². The molecule has 154 valence electrons. The summed E-state index contributed by atoms with van der Waals surface area (Å²) < 4.78 is 35.7. The van der Waals surface area contributed by atoms with Crippen LogP contribution in [0.5, 0.6) is 0 Å². The largest absolute Gasteiger partial charge is 0.459 e. The average Bonchev–Trinajstić information content (AvgIpc) is 3.02. The van der Waals surface area contributed by atoms with Gasteiger partial charge >= 0.3 is 11.9 Å². The first kappa shape index (κ1) is 21.0. The second kappa shape index (κ2) is 9.15. The number of halogens is 1. The van der Waals surface area contributed by atoms with Gasteiger partial charge in [0.2, 0.25) is 0 Å². The van der Waals surface area contributed by atoms with Crippen LogP contribution in [0.15, 0.2) is 48.5 Å². The molecular weight excluding hydrogens is 379 g/mol. The lowest BCUT2D eigenvalue weighted by Gasteiger charge is -2.19. The van der Waals surface area contributed by atoms with E-state index in [1.807, 2.05) is 13.8 Å². The number of benzene rings is 2. The Labute approximate surface area is 168 Å². The van der Waals surface area contributed by atoms with Gasteiger partial charge in [-0.05, 0) is 38.1 Å². The maximum atomic E-state index is 14.7. The van der Waals surface area contributed by atoms with Crippen LogP contribution < -0.4 is 0 Å². The summed E-state index contributed by atoms with van der Waals surface area (Å²) in [5.74, 6) is -1.26. The van der Waals surface area contributed by atoms with Crippen LogP contribution in [0.1, 0.15) is 31.8 Å². The molecular formula is C22H23FO6. The molecule has 1 aliphatic rings. The summed E-state index contributed by atoms with van der Waals surface area (Å²) in [4.78, 5) is 24.6. The van der Waals surface area contributed by atoms with Crippen LogP contribution in [0, 0.1) is 13.8 Å². The van der Waals surface area contributed by atoms with Crippen LogP contribution in [0.3, 0.4) is 0 Å². The van der Waals surface area contributed by atoms with Crippen molar-refractivity contribution in [1.82, 2.24) is 0 Å². The Morgan fingerprint density at radius 2 is 1.45 bits per heavy atom. The molecule has 7 heteroatoms. The van der Waals surface area contributed by atoms with E-state index >= 15 is 0 Å². The van der Waals surface area contributed by atoms with E-state index < -0.39 is 36.6 Å². The maximum absolute atomic E-state index is 14.7. The minimum Gasteiger partial charge on any atom is -0.459 e. The zero-order valence-electron chi connectivity index (χ0n) is 16.5. The van der Waals surface area contributed by atoms with Crippen molar-refractivity contribution < 1.29 is 32.9 Å². The Hall–Kier alpha value is -2.77. The second-order valence-electron chi connectivity index (χ2n) is 6.92. The number of hydrogen-bond acceptors (Lipinski definition) is 6. The van der Waals surface area contributed by atoms with E-state index in [1.165, 1.54) is 7.11 Å². The Morgan fingerprint density at radius 1 is 0.931 bits per heavy atom. The Balaban J connectivity index is 1.66. The van der Waals surface area contributed by atoms with E-state index in [0.717, 1.165) is 11.1 Å². The van der Waals surface area contributed by atoms with Gasteiger partial charge in [-0.1, -0.05) is 35.4 Å². The van der Waals surface area contributed by atoms with Crippen molar-refractivity contribution in [3.8, 4) is 0 Å². The molecule has 3 rings (SSSR count). The smallest absolute Gasteiger partial charge is 0.338 e. The SMILES string of the molecule is COC1O[C@H](COC(=O)c2ccc(C)cc2)[C@@H](OC(=O)c2ccc(C)cc2)[C@@H]1F. The van der Waals surface area contributed by atoms with E-state index in [0.29, 0.717) is 11.1 Å². The highest BCUT2D eigenvalue weighted by Crippen LogP contribution is 2.28. The number of ether oxygens (including phenoxy) is 4. The van der Waals surface area contributed by atoms with Crippen molar-refractivity contribution >= 4 is 11.9 Å². The number of carbonyl (C=O) groups excluding carboxylic acids is 2. The minimum absolute atomic E-state index is 0.279. The van der Waals surface area contributed by atoms with Crippen LogP contribution >= 0.6 is 0 Å². The van der Waals surface area contributed by atoms with Crippen molar-refractivity contribution in [3.63, 3.8) is 0 Å². The van der Waals surface area contributed by atoms with Crippen molar-refractivity contribution in [2.75, 3.05) is 13.7 Å². The highest BCUT2D eigenvalue weighted by atomic mass is 19.1. The van der Waals surface area contributed by atoms with Crippen LogP contribution in [-0.2, 0) is 18.9 Å². The molecule has 0 N–H and O–H groups in total. The molecule has 0 aromatic heterocycles. The van der Waals surface area contributed by atoms with Gasteiger partial charge in [0.15, 0.2) is 18.6 Å². The van der Waals surface area contributed by atoms with Gasteiger partial charge in [0.05, 0.1) is 11.1 Å². The van der Waals surface area contributed by atoms with Crippen molar-refractivity contribution in [1.29, 1.82) is 0 Å². The number of rotatable bonds is 6. The Kier molecular flexibility index (Phi) is 6.61. The normalized spacial score (nSPS) is 23.6. The zero-order valence-corrected chi connectivity index (χ0v) is 16.5. The molecule has 1 heterocycles. The number of alkyl halides is 1. The Bertz CT molecular complexity index is 849. The molecule has 0 aliphatic carbocycles. The molecule has 0 spiro atoms. The monoisotopic (exact) mass is 402 g/mol. The molecule has 1 unspecified atom stereocenters. The number of aryl methyl sites for hydroxylation is 2. The number of carbonyl (C=O) groups is 2. The topological polar surface area (TPSA) is 71.1 Å². The van der Waals surface area contributed by atoms with Crippen LogP contribution in [0.4, 0.5) is 4.39 Å². The first-order valence-corrected chi connectivity index (χ1v) is 9.23. The van der Waals surface area contributed by atoms with Gasteiger partial charge < -0.3 is 18.9 Å². The third-order valence-electron chi connectivity index (χ3n) is 4.68. The standard InChI is InChI=1S/C22H23FO6/c1-13-4-8-15(9-5-13)20(24)27-12-17-19(18(23)22(26-3)28-17)29-21(25)16-10-6-14(2)7-11-16/h4-11,17-19,22H,12H2,1-3H3/t17-,18+,19-,22?/m1/s1. The van der Waals surface area contributed by atoms with Crippen LogP contribution in [0.2, 0.25) is 0 Å². The summed E-state index contributed by atoms with van der Waals surface area (Å²) in [7, 11) is 1.29. The molecule has 1 saturated heterocycles. The van der Waals surface area contributed by atoms with E-state index in [-0.39, 0.29) is 6.61 Å². The van der Waals surface area contributed by atoms with E-state index in [9.17, 15) is 14.0 Å². The predicted octanol–water partition coefficient (Wildman–Crippen LogP) is 3.40. The second-order valence-corrected chi connectivity index (χ2v) is 6.92. The lowest BCUT2D eigenvalue weighted by Crippen LogP contribution is -2.37. The molecule has 1 fully saturated rings. The molecule has 0 radical (unpaired) electrons. The minimum atomic E-state index is -1.71. The third-order valence-corrected chi connectivity index (χ3v) is 4.68. The first-order valence-electron chi connectivity index (χ1n) is 9.23. The summed E-state index contributed by atoms with van der Waals surface area (Å²) in [5, 5.41) is 0. The van der Waals surface area contributed by atoms with Gasteiger partial charge in [0.1, 0.15) is 12.7 Å². The summed E-state index contributed by atoms with van der Waals surface area (Å²) >= 11 is 0. The predicted molar refractivity (Wildman–Crippen MR) is 102 cm³/mol. The van der Waals surface area contributed by atoms with Gasteiger partial charge in [0, 0.05) is 7.11 Å². The van der Waals surface area contributed by atoms with E-state index in [4.69, 9.17) is 18.9 Å². The molecule has 0 bridgehead atoms. The van der Waals surface area contributed by atoms with E-state index in [2.05, 4.69) is 0 Å². The quantitative estimate of drug-likeness (QED) is 0.690. The van der Waals surface area contributed by atoms with Crippen molar-refractivity contribution in [2.24, 2.45) is 0 Å². The lowest BCUT2D eigenvalue weighted by molar-refractivity contribution is -0.142. The van der Waals surface area contributed by atoms with Crippen LogP contribution in [-0.4, -0.2) is 50.3 Å². The molecule has 4 atom stereocenters. The molecule has 2 aromatic carbocycles. The zero-order chi connectivity index (χ0) is 21.0. The van der Waals surface area contributed by atoms with Gasteiger partial charge in [-0.2, -0.15) is 0 Å². The molecule has 1 aliphatic heterocycles. The summed E-state index contributed by atoms with van der Waals surface area (Å²) in [6, 6.07) is 13.6. The van der Waals surface area contributed by atoms with Gasteiger partial charge in [-0.3, -0.25) is 0 Å². The van der Waals surface area contributed by atoms with Crippen molar-refractivity contribution in [2.45, 2.75) is 38.5 Å². The van der Waals surface area contributed by atoms with Gasteiger partial charge in [-0.15, -0.1) is 0 Å². The number of methoxy groups -OCH3 is 1. The van der Waals surface area contributed by atoms with E-state index in [1.54, 1.807) is 48.5 Å². The fourth-order valence-corrected chi connectivity index (χ4v) is 2.96. The molecule has 2 aromatic rings. The molecule has 6 nitrogen and oxygen atoms in total. The molecule has 0 saturated carbocycles.